The van der Waals surface area contributed by atoms with E-state index in [1.165, 1.54) is 11.8 Å². The second-order valence-corrected chi connectivity index (χ2v) is 6.02. The van der Waals surface area contributed by atoms with E-state index in [2.05, 4.69) is 6.92 Å². The summed E-state index contributed by atoms with van der Waals surface area (Å²) in [6, 6.07) is 7.87. The van der Waals surface area contributed by atoms with E-state index in [0.29, 0.717) is 12.4 Å². The normalized spacial score (nSPS) is 11.9. The number of unbranched alkanes of at least 4 members (excludes halogenated alkanes) is 1. The maximum absolute atomic E-state index is 11.4. The molecule has 1 atom stereocenters. The molecule has 0 spiro atoms. The molecule has 5 heteroatoms. The van der Waals surface area contributed by atoms with Gasteiger partial charge in [0.1, 0.15) is 5.75 Å². The van der Waals surface area contributed by atoms with Crippen molar-refractivity contribution in [3.05, 3.63) is 29.8 Å². The van der Waals surface area contributed by atoms with Gasteiger partial charge in [-0.1, -0.05) is 37.1 Å². The van der Waals surface area contributed by atoms with Crippen molar-refractivity contribution in [1.29, 1.82) is 0 Å². The summed E-state index contributed by atoms with van der Waals surface area (Å²) in [5.41, 5.74) is 1.08. The second kappa shape index (κ2) is 9.94. The highest BCUT2D eigenvalue weighted by atomic mass is 35.5. The third kappa shape index (κ3) is 6.53. The van der Waals surface area contributed by atoms with Crippen LogP contribution in [0.1, 0.15) is 32.3 Å². The molecule has 0 radical (unpaired) electrons. The molecule has 20 heavy (non-hydrogen) atoms. The second-order valence-electron chi connectivity index (χ2n) is 4.23. The number of rotatable bonds is 9. The van der Waals surface area contributed by atoms with Gasteiger partial charge in [0.2, 0.25) is 0 Å². The molecule has 0 aliphatic carbocycles. The highest BCUT2D eigenvalue weighted by Gasteiger charge is 2.16. The molecule has 0 heterocycles. The Bertz CT molecular complexity index is 412. The highest BCUT2D eigenvalue weighted by molar-refractivity contribution is 8.01. The molecule has 0 aromatic heterocycles. The molecule has 1 rings (SSSR count). The standard InChI is InChI=1S/C15H21ClO3S/c1-3-5-9-19-13-8-6-7-12(10-13)11-20-14(16)15(17)18-4-2/h6-8,10,14H,3-5,9,11H2,1-2H3. The van der Waals surface area contributed by atoms with Gasteiger partial charge >= 0.3 is 5.97 Å². The van der Waals surface area contributed by atoms with Crippen LogP contribution >= 0.6 is 23.4 Å². The number of carbonyl (C=O) groups is 1. The van der Waals surface area contributed by atoms with Crippen LogP contribution in [0, 0.1) is 0 Å². The molecule has 0 amide bonds. The van der Waals surface area contributed by atoms with Gasteiger partial charge in [0, 0.05) is 5.75 Å². The van der Waals surface area contributed by atoms with Crippen molar-refractivity contribution in [3.8, 4) is 5.75 Å². The quantitative estimate of drug-likeness (QED) is 0.388. The Labute approximate surface area is 130 Å². The Morgan fingerprint density at radius 3 is 2.90 bits per heavy atom. The van der Waals surface area contributed by atoms with Crippen LogP contribution in [0.5, 0.6) is 5.75 Å². The van der Waals surface area contributed by atoms with E-state index in [9.17, 15) is 4.79 Å². The first-order valence-electron chi connectivity index (χ1n) is 6.81. The largest absolute Gasteiger partial charge is 0.494 e. The summed E-state index contributed by atoms with van der Waals surface area (Å²) in [6.45, 7) is 4.98. The fraction of sp³-hybridized carbons (Fsp3) is 0.533. The van der Waals surface area contributed by atoms with Gasteiger partial charge in [0.05, 0.1) is 13.2 Å². The summed E-state index contributed by atoms with van der Waals surface area (Å²) in [5, 5.41) is 0. The first kappa shape index (κ1) is 17.2. The average Bonchev–Trinajstić information content (AvgIpc) is 2.46. The first-order chi connectivity index (χ1) is 9.67. The van der Waals surface area contributed by atoms with Crippen molar-refractivity contribution in [2.45, 2.75) is 37.2 Å². The lowest BCUT2D eigenvalue weighted by molar-refractivity contribution is -0.140. The molecule has 1 aromatic carbocycles. The van der Waals surface area contributed by atoms with Gasteiger partial charge in [0.25, 0.3) is 0 Å². The van der Waals surface area contributed by atoms with Gasteiger partial charge in [-0.05, 0) is 31.0 Å². The summed E-state index contributed by atoms with van der Waals surface area (Å²) in [4.78, 5) is 11.4. The summed E-state index contributed by atoms with van der Waals surface area (Å²) < 4.78 is 9.84. The van der Waals surface area contributed by atoms with Crippen LogP contribution < -0.4 is 4.74 Å². The number of carbonyl (C=O) groups excluding carboxylic acids is 1. The zero-order valence-electron chi connectivity index (χ0n) is 11.9. The predicted octanol–water partition coefficient (Wildman–Crippen LogP) is 4.23. The van der Waals surface area contributed by atoms with E-state index in [1.54, 1.807) is 6.92 Å². The Kier molecular flexibility index (Phi) is 8.54. The highest BCUT2D eigenvalue weighted by Crippen LogP contribution is 2.24. The van der Waals surface area contributed by atoms with Gasteiger partial charge in [-0.2, -0.15) is 0 Å². The lowest BCUT2D eigenvalue weighted by Gasteiger charge is -2.10. The molecule has 0 N–H and O–H groups in total. The van der Waals surface area contributed by atoms with Crippen molar-refractivity contribution >= 4 is 29.3 Å². The molecule has 0 fully saturated rings. The molecule has 0 aliphatic heterocycles. The third-order valence-electron chi connectivity index (χ3n) is 2.53. The van der Waals surface area contributed by atoms with Crippen LogP contribution in [0.15, 0.2) is 24.3 Å². The predicted molar refractivity (Wildman–Crippen MR) is 84.4 cm³/mol. The van der Waals surface area contributed by atoms with Crippen LogP contribution in [0.3, 0.4) is 0 Å². The topological polar surface area (TPSA) is 35.5 Å². The number of alkyl halides is 1. The van der Waals surface area contributed by atoms with Crippen LogP contribution in [0.4, 0.5) is 0 Å². The molecule has 1 aromatic rings. The Morgan fingerprint density at radius 1 is 1.40 bits per heavy atom. The maximum atomic E-state index is 11.4. The van der Waals surface area contributed by atoms with Crippen molar-refractivity contribution in [1.82, 2.24) is 0 Å². The van der Waals surface area contributed by atoms with Gasteiger partial charge in [-0.3, -0.25) is 0 Å². The lowest BCUT2D eigenvalue weighted by Crippen LogP contribution is -2.14. The van der Waals surface area contributed by atoms with Crippen LogP contribution in [-0.4, -0.2) is 23.9 Å². The Hall–Kier alpha value is -0.870. The van der Waals surface area contributed by atoms with Crippen LogP contribution in [0.25, 0.3) is 0 Å². The van der Waals surface area contributed by atoms with Gasteiger partial charge < -0.3 is 9.47 Å². The summed E-state index contributed by atoms with van der Waals surface area (Å²) in [6.07, 6.45) is 2.16. The minimum absolute atomic E-state index is 0.351. The Balaban J connectivity index is 2.43. The van der Waals surface area contributed by atoms with Crippen molar-refractivity contribution in [2.75, 3.05) is 13.2 Å². The molecule has 1 unspecified atom stereocenters. The van der Waals surface area contributed by atoms with Gasteiger partial charge in [0.15, 0.2) is 4.71 Å². The van der Waals surface area contributed by atoms with Crippen LogP contribution in [0.2, 0.25) is 0 Å². The fourth-order valence-corrected chi connectivity index (χ4v) is 2.48. The fourth-order valence-electron chi connectivity index (χ4n) is 1.50. The minimum Gasteiger partial charge on any atom is -0.494 e. The van der Waals surface area contributed by atoms with Crippen LogP contribution in [-0.2, 0) is 15.3 Å². The lowest BCUT2D eigenvalue weighted by atomic mass is 10.2. The minimum atomic E-state index is -0.667. The van der Waals surface area contributed by atoms with Crippen molar-refractivity contribution in [2.24, 2.45) is 0 Å². The molecule has 3 nitrogen and oxygen atoms in total. The third-order valence-corrected chi connectivity index (χ3v) is 4.07. The van der Waals surface area contributed by atoms with Crippen molar-refractivity contribution in [3.63, 3.8) is 0 Å². The summed E-state index contributed by atoms with van der Waals surface area (Å²) >= 11 is 7.31. The summed E-state index contributed by atoms with van der Waals surface area (Å²) in [7, 11) is 0. The van der Waals surface area contributed by atoms with E-state index in [4.69, 9.17) is 21.1 Å². The molecule has 0 bridgehead atoms. The molecule has 0 aliphatic rings. The van der Waals surface area contributed by atoms with E-state index >= 15 is 0 Å². The molecule has 0 saturated carbocycles. The number of hydrogen-bond acceptors (Lipinski definition) is 4. The number of benzene rings is 1. The SMILES string of the molecule is CCCCOc1cccc(CSC(Cl)C(=O)OCC)c1. The number of halogens is 1. The van der Waals surface area contributed by atoms with Gasteiger partial charge in [-0.15, -0.1) is 11.8 Å². The average molecular weight is 317 g/mol. The van der Waals surface area contributed by atoms with E-state index < -0.39 is 4.71 Å². The number of ether oxygens (including phenoxy) is 2. The number of thioether (sulfide) groups is 1. The number of esters is 1. The summed E-state index contributed by atoms with van der Waals surface area (Å²) in [5.74, 6) is 1.13. The zero-order valence-corrected chi connectivity index (χ0v) is 13.5. The molecular weight excluding hydrogens is 296 g/mol. The number of hydrogen-bond donors (Lipinski definition) is 0. The molecule has 112 valence electrons. The van der Waals surface area contributed by atoms with Crippen molar-refractivity contribution < 1.29 is 14.3 Å². The smallest absolute Gasteiger partial charge is 0.334 e. The first-order valence-corrected chi connectivity index (χ1v) is 8.30. The van der Waals surface area contributed by atoms with Gasteiger partial charge in [-0.25, -0.2) is 4.79 Å². The van der Waals surface area contributed by atoms with E-state index in [-0.39, 0.29) is 5.97 Å². The maximum Gasteiger partial charge on any atom is 0.334 e. The Morgan fingerprint density at radius 2 is 2.20 bits per heavy atom. The molecular formula is C15H21ClO3S. The van der Waals surface area contributed by atoms with E-state index in [1.807, 2.05) is 24.3 Å². The monoisotopic (exact) mass is 316 g/mol. The zero-order chi connectivity index (χ0) is 14.8. The van der Waals surface area contributed by atoms with E-state index in [0.717, 1.165) is 30.8 Å². The molecule has 0 saturated heterocycles.